The summed E-state index contributed by atoms with van der Waals surface area (Å²) in [5.74, 6) is 0.528. The quantitative estimate of drug-likeness (QED) is 0.780. The van der Waals surface area contributed by atoms with Gasteiger partial charge in [-0.2, -0.15) is 5.10 Å². The fourth-order valence-corrected chi connectivity index (χ4v) is 1.57. The largest absolute Gasteiger partial charge is 0.485 e. The molecule has 0 saturated heterocycles. The number of halogens is 1. The van der Waals surface area contributed by atoms with Gasteiger partial charge < -0.3 is 4.74 Å². The zero-order chi connectivity index (χ0) is 13.0. The molecule has 0 unspecified atom stereocenters. The van der Waals surface area contributed by atoms with Crippen molar-refractivity contribution in [2.75, 3.05) is 6.61 Å². The van der Waals surface area contributed by atoms with E-state index in [4.69, 9.17) is 16.3 Å². The number of nitrogens with zero attached hydrogens (tertiary/aromatic N) is 2. The predicted octanol–water partition coefficient (Wildman–Crippen LogP) is 2.82. The van der Waals surface area contributed by atoms with Gasteiger partial charge in [-0.05, 0) is 31.2 Å². The maximum Gasteiger partial charge on any atom is 0.203 e. The third kappa shape index (κ3) is 3.11. The molecule has 0 amide bonds. The van der Waals surface area contributed by atoms with Crippen LogP contribution < -0.4 is 4.74 Å². The van der Waals surface area contributed by atoms with Gasteiger partial charge in [-0.1, -0.05) is 11.6 Å². The average molecular weight is 265 g/mol. The van der Waals surface area contributed by atoms with Crippen LogP contribution in [0.25, 0.3) is 0 Å². The van der Waals surface area contributed by atoms with E-state index in [1.54, 1.807) is 41.3 Å². The average Bonchev–Trinajstić information content (AvgIpc) is 2.86. The van der Waals surface area contributed by atoms with Crippen molar-refractivity contribution in [2.45, 2.75) is 13.5 Å². The molecule has 0 fully saturated rings. The highest BCUT2D eigenvalue weighted by Gasteiger charge is 2.09. The molecule has 0 aliphatic rings. The van der Waals surface area contributed by atoms with E-state index in [9.17, 15) is 4.79 Å². The lowest BCUT2D eigenvalue weighted by molar-refractivity contribution is 0.0921. The Kier molecular flexibility index (Phi) is 3.99. The van der Waals surface area contributed by atoms with E-state index in [2.05, 4.69) is 5.10 Å². The van der Waals surface area contributed by atoms with Gasteiger partial charge in [-0.3, -0.25) is 9.48 Å². The molecule has 0 N–H and O–H groups in total. The summed E-state index contributed by atoms with van der Waals surface area (Å²) in [7, 11) is 0. The van der Waals surface area contributed by atoms with Crippen molar-refractivity contribution in [1.82, 2.24) is 9.78 Å². The molecular formula is C13H13ClN2O2. The van der Waals surface area contributed by atoms with Crippen molar-refractivity contribution in [3.63, 3.8) is 0 Å². The van der Waals surface area contributed by atoms with E-state index in [1.807, 2.05) is 6.92 Å². The summed E-state index contributed by atoms with van der Waals surface area (Å²) in [6, 6.07) is 6.89. The standard InChI is InChI=1S/C13H13ClN2O2/c1-2-16-8-10(7-15-16)13(17)9-18-12-5-3-11(14)4-6-12/h3-8H,2,9H2,1H3. The molecule has 1 heterocycles. The van der Waals surface area contributed by atoms with Crippen LogP contribution in [0.1, 0.15) is 17.3 Å². The summed E-state index contributed by atoms with van der Waals surface area (Å²) < 4.78 is 7.08. The van der Waals surface area contributed by atoms with Crippen LogP contribution in [0.3, 0.4) is 0 Å². The van der Waals surface area contributed by atoms with Crippen LogP contribution in [0.15, 0.2) is 36.7 Å². The number of ketones is 1. The number of aryl methyl sites for hydroxylation is 1. The minimum Gasteiger partial charge on any atom is -0.485 e. The summed E-state index contributed by atoms with van der Waals surface area (Å²) in [5, 5.41) is 4.68. The predicted molar refractivity (Wildman–Crippen MR) is 69.2 cm³/mol. The number of aromatic nitrogens is 2. The van der Waals surface area contributed by atoms with Crippen molar-refractivity contribution < 1.29 is 9.53 Å². The molecular weight excluding hydrogens is 252 g/mol. The fourth-order valence-electron chi connectivity index (χ4n) is 1.44. The number of ether oxygens (including phenoxy) is 1. The minimum atomic E-state index is -0.0929. The summed E-state index contributed by atoms with van der Waals surface area (Å²) in [4.78, 5) is 11.8. The van der Waals surface area contributed by atoms with Gasteiger partial charge in [-0.25, -0.2) is 0 Å². The van der Waals surface area contributed by atoms with E-state index < -0.39 is 0 Å². The number of hydrogen-bond donors (Lipinski definition) is 0. The minimum absolute atomic E-state index is 0.00294. The first-order valence-electron chi connectivity index (χ1n) is 5.63. The van der Waals surface area contributed by atoms with Crippen LogP contribution in [-0.4, -0.2) is 22.2 Å². The molecule has 4 nitrogen and oxygen atoms in total. The normalized spacial score (nSPS) is 10.3. The lowest BCUT2D eigenvalue weighted by atomic mass is 10.2. The Balaban J connectivity index is 1.93. The molecule has 18 heavy (non-hydrogen) atoms. The highest BCUT2D eigenvalue weighted by Crippen LogP contribution is 2.15. The molecule has 2 rings (SSSR count). The van der Waals surface area contributed by atoms with Gasteiger partial charge >= 0.3 is 0 Å². The highest BCUT2D eigenvalue weighted by atomic mass is 35.5. The molecule has 0 atom stereocenters. The Morgan fingerprint density at radius 2 is 2.11 bits per heavy atom. The smallest absolute Gasteiger partial charge is 0.203 e. The molecule has 2 aromatic rings. The van der Waals surface area contributed by atoms with Gasteiger partial charge in [-0.15, -0.1) is 0 Å². The van der Waals surface area contributed by atoms with Crippen molar-refractivity contribution in [2.24, 2.45) is 0 Å². The number of carbonyl (C=O) groups excluding carboxylic acids is 1. The van der Waals surface area contributed by atoms with Crippen LogP contribution in [0.4, 0.5) is 0 Å². The second-order valence-corrected chi connectivity index (χ2v) is 4.19. The van der Waals surface area contributed by atoms with E-state index in [1.165, 1.54) is 0 Å². The molecule has 1 aromatic carbocycles. The first kappa shape index (κ1) is 12.6. The number of hydrogen-bond acceptors (Lipinski definition) is 3. The van der Waals surface area contributed by atoms with E-state index in [-0.39, 0.29) is 12.4 Å². The third-order valence-electron chi connectivity index (χ3n) is 2.46. The van der Waals surface area contributed by atoms with E-state index >= 15 is 0 Å². The molecule has 0 aliphatic heterocycles. The van der Waals surface area contributed by atoms with Crippen LogP contribution in [0.5, 0.6) is 5.75 Å². The van der Waals surface area contributed by atoms with Gasteiger partial charge in [0.05, 0.1) is 11.8 Å². The fraction of sp³-hybridized carbons (Fsp3) is 0.231. The maximum absolute atomic E-state index is 11.8. The zero-order valence-corrected chi connectivity index (χ0v) is 10.7. The Bertz CT molecular complexity index is 534. The summed E-state index contributed by atoms with van der Waals surface area (Å²) in [6.07, 6.45) is 3.27. The first-order valence-corrected chi connectivity index (χ1v) is 6.01. The first-order chi connectivity index (χ1) is 8.69. The van der Waals surface area contributed by atoms with Crippen molar-refractivity contribution in [3.8, 4) is 5.75 Å². The lowest BCUT2D eigenvalue weighted by Gasteiger charge is -2.04. The summed E-state index contributed by atoms with van der Waals surface area (Å²) in [6.45, 7) is 2.70. The number of Topliss-reactive ketones (excluding diaryl/α,β-unsaturated/α-hetero) is 1. The Hall–Kier alpha value is -1.81. The van der Waals surface area contributed by atoms with Crippen molar-refractivity contribution in [1.29, 1.82) is 0 Å². The Morgan fingerprint density at radius 3 is 2.72 bits per heavy atom. The van der Waals surface area contributed by atoms with E-state index in [0.717, 1.165) is 6.54 Å². The molecule has 94 valence electrons. The summed E-state index contributed by atoms with van der Waals surface area (Å²) >= 11 is 5.76. The van der Waals surface area contributed by atoms with Crippen LogP contribution in [-0.2, 0) is 6.54 Å². The van der Waals surface area contributed by atoms with Gasteiger partial charge in [0.2, 0.25) is 5.78 Å². The van der Waals surface area contributed by atoms with Gasteiger partial charge in [0.1, 0.15) is 5.75 Å². The number of carbonyl (C=O) groups is 1. The Labute approximate surface area is 110 Å². The monoisotopic (exact) mass is 264 g/mol. The van der Waals surface area contributed by atoms with Crippen LogP contribution in [0, 0.1) is 0 Å². The molecule has 0 spiro atoms. The Morgan fingerprint density at radius 1 is 1.39 bits per heavy atom. The molecule has 0 radical (unpaired) electrons. The van der Waals surface area contributed by atoms with Crippen LogP contribution >= 0.6 is 11.6 Å². The molecule has 5 heteroatoms. The van der Waals surface area contributed by atoms with Gasteiger partial charge in [0, 0.05) is 17.8 Å². The SMILES string of the molecule is CCn1cc(C(=O)COc2ccc(Cl)cc2)cn1. The number of benzene rings is 1. The maximum atomic E-state index is 11.8. The molecule has 0 aliphatic carbocycles. The second-order valence-electron chi connectivity index (χ2n) is 3.75. The van der Waals surface area contributed by atoms with E-state index in [0.29, 0.717) is 16.3 Å². The lowest BCUT2D eigenvalue weighted by Crippen LogP contribution is -2.10. The molecule has 0 bridgehead atoms. The molecule has 0 saturated carbocycles. The van der Waals surface area contributed by atoms with Crippen molar-refractivity contribution >= 4 is 17.4 Å². The second kappa shape index (κ2) is 5.69. The highest BCUT2D eigenvalue weighted by molar-refractivity contribution is 6.30. The van der Waals surface area contributed by atoms with Crippen LogP contribution in [0.2, 0.25) is 5.02 Å². The summed E-state index contributed by atoms with van der Waals surface area (Å²) in [5.41, 5.74) is 0.561. The van der Waals surface area contributed by atoms with Crippen molar-refractivity contribution in [3.05, 3.63) is 47.2 Å². The topological polar surface area (TPSA) is 44.1 Å². The van der Waals surface area contributed by atoms with Gasteiger partial charge in [0.15, 0.2) is 6.61 Å². The molecule has 1 aromatic heterocycles. The van der Waals surface area contributed by atoms with Gasteiger partial charge in [0.25, 0.3) is 0 Å². The number of rotatable bonds is 5. The zero-order valence-electron chi connectivity index (χ0n) is 9.97. The third-order valence-corrected chi connectivity index (χ3v) is 2.71.